The average Bonchev–Trinajstić information content (AvgIpc) is 2.75. The molecule has 0 heterocycles. The summed E-state index contributed by atoms with van der Waals surface area (Å²) in [6.45, 7) is 0. The van der Waals surface area contributed by atoms with Gasteiger partial charge in [-0.3, -0.25) is 9.59 Å². The van der Waals surface area contributed by atoms with Gasteiger partial charge < -0.3 is 0 Å². The highest BCUT2D eigenvalue weighted by Crippen LogP contribution is 2.00. The van der Waals surface area contributed by atoms with Gasteiger partial charge in [0.1, 0.15) is 0 Å². The fraction of sp³-hybridized carbons (Fsp3) is 0.130. The van der Waals surface area contributed by atoms with Crippen molar-refractivity contribution < 1.29 is 9.59 Å². The monoisotopic (exact) mass is 388 g/mol. The van der Waals surface area contributed by atoms with Crippen LogP contribution in [0.25, 0.3) is 12.2 Å². The van der Waals surface area contributed by atoms with E-state index in [2.05, 4.69) is 21.1 Å². The summed E-state index contributed by atoms with van der Waals surface area (Å²) in [6.07, 6.45) is 11.1. The molecule has 6 nitrogen and oxygen atoms in total. The quantitative estimate of drug-likeness (QED) is 0.479. The first-order valence-electron chi connectivity index (χ1n) is 9.31. The Morgan fingerprint density at radius 3 is 1.52 bits per heavy atom. The summed E-state index contributed by atoms with van der Waals surface area (Å²) in [7, 11) is 0. The Bertz CT molecular complexity index is 799. The second-order valence-corrected chi connectivity index (χ2v) is 6.02. The van der Waals surface area contributed by atoms with E-state index in [9.17, 15) is 9.59 Å². The van der Waals surface area contributed by atoms with Crippen LogP contribution in [0.15, 0.2) is 83.0 Å². The van der Waals surface area contributed by atoms with Gasteiger partial charge in [0, 0.05) is 25.3 Å². The van der Waals surface area contributed by atoms with Crippen molar-refractivity contribution in [2.75, 3.05) is 0 Å². The lowest BCUT2D eigenvalue weighted by atomic mass is 10.2. The van der Waals surface area contributed by atoms with Crippen LogP contribution in [0.3, 0.4) is 0 Å². The van der Waals surface area contributed by atoms with E-state index in [-0.39, 0.29) is 24.7 Å². The molecule has 0 fully saturated rings. The van der Waals surface area contributed by atoms with Crippen molar-refractivity contribution in [2.45, 2.75) is 19.3 Å². The van der Waals surface area contributed by atoms with Crippen molar-refractivity contribution in [1.29, 1.82) is 0 Å². The van der Waals surface area contributed by atoms with Crippen molar-refractivity contribution in [1.82, 2.24) is 10.9 Å². The van der Waals surface area contributed by atoms with E-state index in [0.29, 0.717) is 6.42 Å². The van der Waals surface area contributed by atoms with Crippen molar-refractivity contribution in [2.24, 2.45) is 10.2 Å². The van der Waals surface area contributed by atoms with Gasteiger partial charge in [0.2, 0.25) is 11.8 Å². The molecular weight excluding hydrogens is 364 g/mol. The van der Waals surface area contributed by atoms with E-state index < -0.39 is 0 Å². The number of carbonyl (C=O) groups excluding carboxylic acids is 2. The summed E-state index contributed by atoms with van der Waals surface area (Å²) in [4.78, 5) is 23.3. The normalized spacial score (nSPS) is 11.6. The molecule has 0 aliphatic carbocycles. The maximum absolute atomic E-state index is 11.7. The Labute approximate surface area is 170 Å². The van der Waals surface area contributed by atoms with Gasteiger partial charge >= 0.3 is 0 Å². The topological polar surface area (TPSA) is 82.9 Å². The molecule has 2 amide bonds. The third-order valence-electron chi connectivity index (χ3n) is 3.68. The Morgan fingerprint density at radius 2 is 1.10 bits per heavy atom. The second-order valence-electron chi connectivity index (χ2n) is 6.02. The smallest absolute Gasteiger partial charge is 0.240 e. The SMILES string of the molecule is O=C(CCCC(=O)N/N=C/C=C\c1ccccc1)N/N=C/C=C\c1ccccc1. The molecule has 2 rings (SSSR count). The molecular formula is C23H24N4O2. The van der Waals surface area contributed by atoms with E-state index >= 15 is 0 Å². The van der Waals surface area contributed by atoms with Gasteiger partial charge in [-0.05, 0) is 29.7 Å². The van der Waals surface area contributed by atoms with Gasteiger partial charge in [-0.2, -0.15) is 10.2 Å². The molecule has 0 aliphatic rings. The van der Waals surface area contributed by atoms with Crippen molar-refractivity contribution >= 4 is 36.4 Å². The lowest BCUT2D eigenvalue weighted by molar-refractivity contribution is -0.122. The van der Waals surface area contributed by atoms with Crippen LogP contribution in [-0.4, -0.2) is 24.2 Å². The van der Waals surface area contributed by atoms with E-state index in [1.807, 2.05) is 72.8 Å². The molecule has 0 atom stereocenters. The summed E-state index contributed by atoms with van der Waals surface area (Å²) in [6, 6.07) is 19.6. The largest absolute Gasteiger partial charge is 0.273 e. The average molecular weight is 388 g/mol. The maximum atomic E-state index is 11.7. The van der Waals surface area contributed by atoms with Gasteiger partial charge in [-0.15, -0.1) is 0 Å². The van der Waals surface area contributed by atoms with E-state index in [1.165, 1.54) is 12.4 Å². The number of allylic oxidation sites excluding steroid dienone is 2. The van der Waals surface area contributed by atoms with Crippen LogP contribution in [0, 0.1) is 0 Å². The first-order valence-corrected chi connectivity index (χ1v) is 9.31. The Balaban J connectivity index is 1.55. The van der Waals surface area contributed by atoms with Gasteiger partial charge in [-0.1, -0.05) is 72.8 Å². The lowest BCUT2D eigenvalue weighted by Gasteiger charge is -1.99. The standard InChI is InChI=1S/C23H24N4O2/c28-22(26-24-18-8-14-20-10-3-1-4-11-20)16-7-17-23(29)27-25-19-9-15-21-12-5-2-6-13-21/h1-6,8-15,18-19H,7,16-17H2,(H,26,28)(H,27,29)/b14-8-,15-9-,24-18+,25-19+. The van der Waals surface area contributed by atoms with Crippen LogP contribution in [-0.2, 0) is 9.59 Å². The zero-order valence-corrected chi connectivity index (χ0v) is 16.1. The highest BCUT2D eigenvalue weighted by atomic mass is 16.2. The van der Waals surface area contributed by atoms with Crippen LogP contribution in [0.1, 0.15) is 30.4 Å². The predicted molar refractivity (Wildman–Crippen MR) is 118 cm³/mol. The number of hydrogen-bond donors (Lipinski definition) is 2. The van der Waals surface area contributed by atoms with Crippen molar-refractivity contribution in [3.05, 3.63) is 83.9 Å². The van der Waals surface area contributed by atoms with Crippen LogP contribution in [0.5, 0.6) is 0 Å². The summed E-state index contributed by atoms with van der Waals surface area (Å²) >= 11 is 0. The Hall–Kier alpha value is -3.80. The number of nitrogens with zero attached hydrogens (tertiary/aromatic N) is 2. The van der Waals surface area contributed by atoms with Gasteiger partial charge in [0.25, 0.3) is 0 Å². The van der Waals surface area contributed by atoms with Crippen molar-refractivity contribution in [3.8, 4) is 0 Å². The second kappa shape index (κ2) is 13.4. The minimum atomic E-state index is -0.239. The maximum Gasteiger partial charge on any atom is 0.240 e. The number of carbonyl (C=O) groups is 2. The van der Waals surface area contributed by atoms with E-state index in [0.717, 1.165) is 11.1 Å². The molecule has 0 unspecified atom stereocenters. The number of benzene rings is 2. The molecule has 2 aromatic rings. The van der Waals surface area contributed by atoms with Gasteiger partial charge in [0.15, 0.2) is 0 Å². The Morgan fingerprint density at radius 1 is 0.690 bits per heavy atom. The first kappa shape index (κ1) is 21.5. The number of hydrazone groups is 2. The van der Waals surface area contributed by atoms with Crippen LogP contribution < -0.4 is 10.9 Å². The minimum Gasteiger partial charge on any atom is -0.273 e. The molecule has 2 N–H and O–H groups in total. The molecule has 0 spiro atoms. The number of rotatable bonds is 10. The molecule has 2 aromatic carbocycles. The molecule has 0 saturated heterocycles. The fourth-order valence-electron chi connectivity index (χ4n) is 2.26. The van der Waals surface area contributed by atoms with Gasteiger partial charge in [-0.25, -0.2) is 10.9 Å². The molecule has 0 saturated carbocycles. The molecule has 148 valence electrons. The molecule has 0 radical (unpaired) electrons. The molecule has 29 heavy (non-hydrogen) atoms. The van der Waals surface area contributed by atoms with Crippen LogP contribution in [0.4, 0.5) is 0 Å². The van der Waals surface area contributed by atoms with Crippen molar-refractivity contribution in [3.63, 3.8) is 0 Å². The fourth-order valence-corrected chi connectivity index (χ4v) is 2.26. The highest BCUT2D eigenvalue weighted by Gasteiger charge is 2.03. The van der Waals surface area contributed by atoms with Crippen LogP contribution >= 0.6 is 0 Å². The number of nitrogens with one attached hydrogen (secondary N) is 2. The number of hydrogen-bond acceptors (Lipinski definition) is 4. The summed E-state index contributed by atoms with van der Waals surface area (Å²) in [5.41, 5.74) is 6.95. The predicted octanol–water partition coefficient (Wildman–Crippen LogP) is 3.79. The summed E-state index contributed by atoms with van der Waals surface area (Å²) in [5.74, 6) is -0.479. The first-order chi connectivity index (χ1) is 14.2. The highest BCUT2D eigenvalue weighted by molar-refractivity contribution is 5.83. The third kappa shape index (κ3) is 10.2. The van der Waals surface area contributed by atoms with E-state index in [1.54, 1.807) is 12.2 Å². The molecule has 0 aromatic heterocycles. The zero-order valence-electron chi connectivity index (χ0n) is 16.1. The van der Waals surface area contributed by atoms with Gasteiger partial charge in [0.05, 0.1) is 0 Å². The molecule has 6 heteroatoms. The lowest BCUT2D eigenvalue weighted by Crippen LogP contribution is -2.20. The molecule has 0 aliphatic heterocycles. The third-order valence-corrected chi connectivity index (χ3v) is 3.68. The molecule has 0 bridgehead atoms. The van der Waals surface area contributed by atoms with Crippen LogP contribution in [0.2, 0.25) is 0 Å². The van der Waals surface area contributed by atoms with E-state index in [4.69, 9.17) is 0 Å². The summed E-state index contributed by atoms with van der Waals surface area (Å²) < 4.78 is 0. The zero-order chi connectivity index (χ0) is 20.6. The Kier molecular flexibility index (Phi) is 9.92. The number of amides is 2. The minimum absolute atomic E-state index is 0.213. The summed E-state index contributed by atoms with van der Waals surface area (Å²) in [5, 5.41) is 7.67.